The summed E-state index contributed by atoms with van der Waals surface area (Å²) in [5.41, 5.74) is 0. The molecular weight excluding hydrogens is 164 g/mol. The van der Waals surface area contributed by atoms with E-state index in [1.54, 1.807) is 0 Å². The molecule has 2 heteroatoms. The van der Waals surface area contributed by atoms with Gasteiger partial charge >= 0.3 is 0 Å². The molecule has 2 atom stereocenters. The summed E-state index contributed by atoms with van der Waals surface area (Å²) in [5.74, 6) is -0.292. The van der Waals surface area contributed by atoms with Crippen molar-refractivity contribution in [2.24, 2.45) is 0 Å². The van der Waals surface area contributed by atoms with Crippen LogP contribution < -0.4 is 0 Å². The number of ether oxygens (including phenoxy) is 2. The van der Waals surface area contributed by atoms with Crippen LogP contribution in [0.15, 0.2) is 0 Å². The smallest absolute Gasteiger partial charge is 0.165 e. The van der Waals surface area contributed by atoms with E-state index < -0.39 is 0 Å². The van der Waals surface area contributed by atoms with Gasteiger partial charge in [-0.15, -0.1) is 0 Å². The summed E-state index contributed by atoms with van der Waals surface area (Å²) in [5, 5.41) is 0. The first-order valence-corrected chi connectivity index (χ1v) is 5.48. The predicted octanol–water partition coefficient (Wildman–Crippen LogP) is 3.60. The van der Waals surface area contributed by atoms with Crippen LogP contribution >= 0.6 is 0 Å². The van der Waals surface area contributed by atoms with Crippen molar-refractivity contribution in [2.45, 2.75) is 66.8 Å². The molecule has 2 unspecified atom stereocenters. The van der Waals surface area contributed by atoms with Crippen molar-refractivity contribution in [1.82, 2.24) is 0 Å². The Hall–Kier alpha value is -0.0800. The van der Waals surface area contributed by atoms with Gasteiger partial charge in [-0.3, -0.25) is 0 Å². The van der Waals surface area contributed by atoms with E-state index in [4.69, 9.17) is 9.47 Å². The van der Waals surface area contributed by atoms with Crippen molar-refractivity contribution in [3.05, 3.63) is 0 Å². The van der Waals surface area contributed by atoms with Gasteiger partial charge in [0.1, 0.15) is 0 Å². The Morgan fingerprint density at radius 1 is 1.23 bits per heavy atom. The summed E-state index contributed by atoms with van der Waals surface area (Å²) in [6.45, 7) is 14.8. The molecule has 0 spiro atoms. The zero-order valence-corrected chi connectivity index (χ0v) is 10.3. The zero-order valence-electron chi connectivity index (χ0n) is 10.3. The minimum absolute atomic E-state index is 0.273. The highest BCUT2D eigenvalue weighted by molar-refractivity contribution is 4.69. The molecule has 0 aromatic carbocycles. The monoisotopic (exact) mass is 190 g/mol. The molecule has 1 aliphatic heterocycles. The third kappa shape index (κ3) is 6.05. The van der Waals surface area contributed by atoms with Gasteiger partial charge in [-0.05, 0) is 20.3 Å². The lowest BCUT2D eigenvalue weighted by Gasteiger charge is -2.19. The van der Waals surface area contributed by atoms with Crippen molar-refractivity contribution in [3.8, 4) is 0 Å². The molecule has 0 bridgehead atoms. The number of hydrogen-bond acceptors (Lipinski definition) is 2. The summed E-state index contributed by atoms with van der Waals surface area (Å²) in [6, 6.07) is 0. The average molecular weight is 190 g/mol. The third-order valence-electron chi connectivity index (χ3n) is 1.72. The fraction of sp³-hybridized carbons (Fsp3) is 1.00. The van der Waals surface area contributed by atoms with Gasteiger partial charge in [0.25, 0.3) is 0 Å². The highest BCUT2D eigenvalue weighted by atomic mass is 16.7. The molecule has 1 rings (SSSR count). The van der Waals surface area contributed by atoms with E-state index in [1.165, 1.54) is 0 Å². The first kappa shape index (κ1) is 15.4. The van der Waals surface area contributed by atoms with Gasteiger partial charge in [-0.1, -0.05) is 34.6 Å². The summed E-state index contributed by atoms with van der Waals surface area (Å²) < 4.78 is 10.9. The van der Waals surface area contributed by atoms with E-state index in [1.807, 2.05) is 41.5 Å². The fourth-order valence-electron chi connectivity index (χ4n) is 0.973. The summed E-state index contributed by atoms with van der Waals surface area (Å²) in [7, 11) is 0. The van der Waals surface area contributed by atoms with Crippen LogP contribution in [0.4, 0.5) is 0 Å². The van der Waals surface area contributed by atoms with E-state index in [-0.39, 0.29) is 11.9 Å². The topological polar surface area (TPSA) is 18.5 Å². The second-order valence-corrected chi connectivity index (χ2v) is 2.73. The Balaban J connectivity index is 0. The molecule has 1 fully saturated rings. The summed E-state index contributed by atoms with van der Waals surface area (Å²) in [6.07, 6.45) is 1.20. The van der Waals surface area contributed by atoms with Crippen LogP contribution in [0, 0.1) is 0 Å². The van der Waals surface area contributed by atoms with Gasteiger partial charge in [-0.2, -0.15) is 0 Å². The summed E-state index contributed by atoms with van der Waals surface area (Å²) in [4.78, 5) is 0. The van der Waals surface area contributed by atoms with Crippen molar-refractivity contribution < 1.29 is 9.47 Å². The van der Waals surface area contributed by atoms with Crippen LogP contribution in [0.25, 0.3) is 0 Å². The van der Waals surface area contributed by atoms with E-state index in [0.717, 1.165) is 13.0 Å². The van der Waals surface area contributed by atoms with E-state index in [0.29, 0.717) is 0 Å². The maximum atomic E-state index is 5.48. The molecule has 1 heterocycles. The largest absolute Gasteiger partial charge is 0.348 e. The molecule has 0 amide bonds. The first-order valence-electron chi connectivity index (χ1n) is 5.48. The third-order valence-corrected chi connectivity index (χ3v) is 1.72. The number of hydrogen-bond donors (Lipinski definition) is 0. The molecule has 13 heavy (non-hydrogen) atoms. The molecule has 2 nitrogen and oxygen atoms in total. The van der Waals surface area contributed by atoms with Crippen molar-refractivity contribution in [1.29, 1.82) is 0 Å². The quantitative estimate of drug-likeness (QED) is 0.629. The molecule has 1 aliphatic rings. The molecule has 0 radical (unpaired) electrons. The van der Waals surface area contributed by atoms with Crippen LogP contribution in [0.2, 0.25) is 0 Å². The lowest BCUT2D eigenvalue weighted by molar-refractivity contribution is -0.153. The van der Waals surface area contributed by atoms with E-state index in [2.05, 4.69) is 6.92 Å². The maximum absolute atomic E-state index is 5.48. The SMILES string of the molecule is CC.CC.CCC1(C)OCC(C)O1. The standard InChI is InChI=1S/C7H14O2.2C2H6/c1-4-7(3)8-5-6(2)9-7;2*1-2/h6H,4-5H2,1-3H3;2*1-2H3. The van der Waals surface area contributed by atoms with Gasteiger partial charge in [0, 0.05) is 0 Å². The van der Waals surface area contributed by atoms with Crippen LogP contribution in [0.3, 0.4) is 0 Å². The summed E-state index contributed by atoms with van der Waals surface area (Å²) >= 11 is 0. The Morgan fingerprint density at radius 2 is 1.69 bits per heavy atom. The van der Waals surface area contributed by atoms with Crippen LogP contribution in [0.5, 0.6) is 0 Å². The predicted molar refractivity (Wildman–Crippen MR) is 57.9 cm³/mol. The normalized spacial score (nSPS) is 31.2. The molecule has 0 N–H and O–H groups in total. The van der Waals surface area contributed by atoms with Crippen molar-refractivity contribution in [3.63, 3.8) is 0 Å². The Labute approximate surface area is 83.6 Å². The molecular formula is C11H26O2. The van der Waals surface area contributed by atoms with E-state index in [9.17, 15) is 0 Å². The number of rotatable bonds is 1. The van der Waals surface area contributed by atoms with Crippen molar-refractivity contribution in [2.75, 3.05) is 6.61 Å². The Morgan fingerprint density at radius 3 is 1.85 bits per heavy atom. The molecule has 0 aliphatic carbocycles. The maximum Gasteiger partial charge on any atom is 0.165 e. The van der Waals surface area contributed by atoms with E-state index >= 15 is 0 Å². The van der Waals surface area contributed by atoms with Crippen LogP contribution in [0.1, 0.15) is 54.9 Å². The minimum Gasteiger partial charge on any atom is -0.348 e. The molecule has 0 saturated carbocycles. The fourth-order valence-corrected chi connectivity index (χ4v) is 0.973. The molecule has 0 aromatic rings. The second-order valence-electron chi connectivity index (χ2n) is 2.73. The van der Waals surface area contributed by atoms with Gasteiger partial charge < -0.3 is 9.47 Å². The molecule has 0 aromatic heterocycles. The van der Waals surface area contributed by atoms with Crippen molar-refractivity contribution >= 4 is 0 Å². The van der Waals surface area contributed by atoms with Gasteiger partial charge in [0.05, 0.1) is 12.7 Å². The average Bonchev–Trinajstić information content (AvgIpc) is 2.54. The molecule has 1 saturated heterocycles. The first-order chi connectivity index (χ1) is 6.16. The minimum atomic E-state index is -0.292. The lowest BCUT2D eigenvalue weighted by atomic mass is 10.2. The van der Waals surface area contributed by atoms with Gasteiger partial charge in [-0.25, -0.2) is 0 Å². The van der Waals surface area contributed by atoms with Crippen LogP contribution in [-0.4, -0.2) is 18.5 Å². The Bertz CT molecular complexity index is 104. The lowest BCUT2D eigenvalue weighted by Crippen LogP contribution is -2.24. The van der Waals surface area contributed by atoms with Crippen LogP contribution in [-0.2, 0) is 9.47 Å². The highest BCUT2D eigenvalue weighted by Gasteiger charge is 2.32. The molecule has 82 valence electrons. The van der Waals surface area contributed by atoms with Gasteiger partial charge in [0.15, 0.2) is 5.79 Å². The second kappa shape index (κ2) is 8.52. The Kier molecular flexibility index (Phi) is 10.1. The highest BCUT2D eigenvalue weighted by Crippen LogP contribution is 2.25. The zero-order chi connectivity index (χ0) is 10.9. The van der Waals surface area contributed by atoms with Gasteiger partial charge in [0.2, 0.25) is 0 Å².